The molecule has 0 spiro atoms. The third-order valence-corrected chi connectivity index (χ3v) is 3.34. The smallest absolute Gasteiger partial charge is 0.314 e. The molecule has 0 aliphatic carbocycles. The van der Waals surface area contributed by atoms with Crippen molar-refractivity contribution in [2.24, 2.45) is 7.05 Å². The summed E-state index contributed by atoms with van der Waals surface area (Å²) < 4.78 is 1.61. The van der Waals surface area contributed by atoms with Crippen LogP contribution in [0.1, 0.15) is 18.1 Å². The fourth-order valence-electron chi connectivity index (χ4n) is 1.98. The van der Waals surface area contributed by atoms with Gasteiger partial charge in [-0.3, -0.25) is 9.67 Å². The Labute approximate surface area is 129 Å². The van der Waals surface area contributed by atoms with Crippen molar-refractivity contribution in [2.75, 3.05) is 13.1 Å². The van der Waals surface area contributed by atoms with Gasteiger partial charge >= 0.3 is 6.03 Å². The first kappa shape index (κ1) is 16.0. The van der Waals surface area contributed by atoms with E-state index in [9.17, 15) is 9.90 Å². The molecule has 2 aromatic heterocycles. The number of amides is 2. The third kappa shape index (κ3) is 4.56. The zero-order chi connectivity index (χ0) is 16.0. The molecule has 0 aliphatic heterocycles. The maximum atomic E-state index is 11.7. The number of aromatic nitrogens is 3. The minimum absolute atomic E-state index is 0.109. The van der Waals surface area contributed by atoms with Gasteiger partial charge in [-0.05, 0) is 25.0 Å². The van der Waals surface area contributed by atoms with Crippen molar-refractivity contribution in [3.05, 3.63) is 48.0 Å². The van der Waals surface area contributed by atoms with E-state index in [-0.39, 0.29) is 12.6 Å². The molecule has 7 heteroatoms. The number of nitrogens with zero attached hydrogens (tertiary/aromatic N) is 3. The molecule has 1 unspecified atom stereocenters. The number of pyridine rings is 1. The summed E-state index contributed by atoms with van der Waals surface area (Å²) in [5, 5.41) is 19.8. The van der Waals surface area contributed by atoms with Crippen LogP contribution in [0.15, 0.2) is 36.9 Å². The van der Waals surface area contributed by atoms with Crippen LogP contribution >= 0.6 is 0 Å². The van der Waals surface area contributed by atoms with Crippen LogP contribution in [0.4, 0.5) is 4.79 Å². The van der Waals surface area contributed by atoms with E-state index in [1.165, 1.54) is 0 Å². The maximum absolute atomic E-state index is 11.7. The Morgan fingerprint density at radius 3 is 2.86 bits per heavy atom. The van der Waals surface area contributed by atoms with Crippen LogP contribution in [-0.4, -0.2) is 39.0 Å². The SMILES string of the molecule is Cn1cc(C(C)(O)CNC(=O)NCCc2cccnc2)cn1. The number of rotatable bonds is 6. The van der Waals surface area contributed by atoms with Crippen molar-refractivity contribution < 1.29 is 9.90 Å². The van der Waals surface area contributed by atoms with Crippen molar-refractivity contribution in [2.45, 2.75) is 18.9 Å². The Morgan fingerprint density at radius 2 is 2.23 bits per heavy atom. The number of hydrogen-bond acceptors (Lipinski definition) is 4. The molecule has 0 aromatic carbocycles. The third-order valence-electron chi connectivity index (χ3n) is 3.34. The second-order valence-electron chi connectivity index (χ2n) is 5.40. The Bertz CT molecular complexity index is 609. The minimum Gasteiger partial charge on any atom is -0.383 e. The molecule has 118 valence electrons. The molecule has 1 atom stereocenters. The Morgan fingerprint density at radius 1 is 1.41 bits per heavy atom. The van der Waals surface area contributed by atoms with Crippen LogP contribution in [0.3, 0.4) is 0 Å². The summed E-state index contributed by atoms with van der Waals surface area (Å²) in [5.74, 6) is 0. The van der Waals surface area contributed by atoms with E-state index in [1.54, 1.807) is 43.4 Å². The summed E-state index contributed by atoms with van der Waals surface area (Å²) in [7, 11) is 1.78. The van der Waals surface area contributed by atoms with Gasteiger partial charge in [0.05, 0.1) is 12.7 Å². The number of carbonyl (C=O) groups excluding carboxylic acids is 1. The maximum Gasteiger partial charge on any atom is 0.314 e. The summed E-state index contributed by atoms with van der Waals surface area (Å²) in [5.41, 5.74) is 0.561. The van der Waals surface area contributed by atoms with Gasteiger partial charge in [0.2, 0.25) is 0 Å². The summed E-state index contributed by atoms with van der Waals surface area (Å²) in [6, 6.07) is 3.51. The second-order valence-corrected chi connectivity index (χ2v) is 5.40. The van der Waals surface area contributed by atoms with Crippen molar-refractivity contribution in [1.82, 2.24) is 25.4 Å². The highest BCUT2D eigenvalue weighted by Crippen LogP contribution is 2.18. The molecule has 0 fully saturated rings. The van der Waals surface area contributed by atoms with E-state index >= 15 is 0 Å². The van der Waals surface area contributed by atoms with Gasteiger partial charge in [0, 0.05) is 37.7 Å². The molecule has 22 heavy (non-hydrogen) atoms. The van der Waals surface area contributed by atoms with Crippen molar-refractivity contribution in [3.63, 3.8) is 0 Å². The molecular formula is C15H21N5O2. The predicted octanol–water partition coefficient (Wildman–Crippen LogP) is 0.564. The number of hydrogen-bond donors (Lipinski definition) is 3. The molecule has 0 bridgehead atoms. The average Bonchev–Trinajstić information content (AvgIpc) is 2.94. The van der Waals surface area contributed by atoms with E-state index in [2.05, 4.69) is 20.7 Å². The highest BCUT2D eigenvalue weighted by Gasteiger charge is 2.25. The summed E-state index contributed by atoms with van der Waals surface area (Å²) in [4.78, 5) is 15.8. The Balaban J connectivity index is 1.73. The van der Waals surface area contributed by atoms with Gasteiger partial charge in [0.1, 0.15) is 5.60 Å². The van der Waals surface area contributed by atoms with E-state index in [1.807, 2.05) is 12.1 Å². The van der Waals surface area contributed by atoms with Gasteiger partial charge in [-0.1, -0.05) is 6.07 Å². The van der Waals surface area contributed by atoms with Crippen molar-refractivity contribution >= 4 is 6.03 Å². The number of carbonyl (C=O) groups is 1. The summed E-state index contributed by atoms with van der Waals surface area (Å²) in [6.45, 7) is 2.25. The lowest BCUT2D eigenvalue weighted by molar-refractivity contribution is 0.0593. The predicted molar refractivity (Wildman–Crippen MR) is 82.1 cm³/mol. The average molecular weight is 303 g/mol. The van der Waals surface area contributed by atoms with E-state index < -0.39 is 5.60 Å². The van der Waals surface area contributed by atoms with Crippen LogP contribution in [0.5, 0.6) is 0 Å². The molecule has 0 radical (unpaired) electrons. The van der Waals surface area contributed by atoms with E-state index in [0.717, 1.165) is 5.56 Å². The first-order valence-corrected chi connectivity index (χ1v) is 7.09. The molecule has 2 heterocycles. The molecule has 2 rings (SSSR count). The summed E-state index contributed by atoms with van der Waals surface area (Å²) >= 11 is 0. The quantitative estimate of drug-likeness (QED) is 0.727. The zero-order valence-electron chi connectivity index (χ0n) is 12.8. The lowest BCUT2D eigenvalue weighted by Crippen LogP contribution is -2.43. The first-order chi connectivity index (χ1) is 10.5. The van der Waals surface area contributed by atoms with Gasteiger partial charge in [-0.25, -0.2) is 4.79 Å². The Hall–Kier alpha value is -2.41. The largest absolute Gasteiger partial charge is 0.383 e. The van der Waals surface area contributed by atoms with Crippen LogP contribution in [0.2, 0.25) is 0 Å². The van der Waals surface area contributed by atoms with Crippen LogP contribution < -0.4 is 10.6 Å². The van der Waals surface area contributed by atoms with Gasteiger partial charge in [-0.15, -0.1) is 0 Å². The first-order valence-electron chi connectivity index (χ1n) is 7.09. The fraction of sp³-hybridized carbons (Fsp3) is 0.400. The molecule has 0 saturated carbocycles. The van der Waals surface area contributed by atoms with Gasteiger partial charge in [-0.2, -0.15) is 5.10 Å². The molecular weight excluding hydrogens is 282 g/mol. The van der Waals surface area contributed by atoms with Gasteiger partial charge < -0.3 is 15.7 Å². The van der Waals surface area contributed by atoms with Crippen molar-refractivity contribution in [3.8, 4) is 0 Å². The standard InChI is InChI=1S/C15H21N5O2/c1-15(22,13-9-19-20(2)10-13)11-18-14(21)17-7-5-12-4-3-6-16-8-12/h3-4,6,8-10,22H,5,7,11H2,1-2H3,(H2,17,18,21). The van der Waals surface area contributed by atoms with Gasteiger partial charge in [0.15, 0.2) is 0 Å². The van der Waals surface area contributed by atoms with Crippen LogP contribution in [-0.2, 0) is 19.1 Å². The zero-order valence-corrected chi connectivity index (χ0v) is 12.8. The summed E-state index contributed by atoms with van der Waals surface area (Å²) in [6.07, 6.45) is 7.50. The number of aryl methyl sites for hydroxylation is 1. The lowest BCUT2D eigenvalue weighted by Gasteiger charge is -2.22. The van der Waals surface area contributed by atoms with Crippen LogP contribution in [0.25, 0.3) is 0 Å². The van der Waals surface area contributed by atoms with Gasteiger partial charge in [0.25, 0.3) is 0 Å². The Kier molecular flexibility index (Phi) is 5.11. The van der Waals surface area contributed by atoms with E-state index in [0.29, 0.717) is 18.5 Å². The molecule has 2 aromatic rings. The number of urea groups is 1. The highest BCUT2D eigenvalue weighted by atomic mass is 16.3. The van der Waals surface area contributed by atoms with E-state index in [4.69, 9.17) is 0 Å². The minimum atomic E-state index is -1.16. The molecule has 0 aliphatic rings. The molecule has 7 nitrogen and oxygen atoms in total. The fourth-order valence-corrected chi connectivity index (χ4v) is 1.98. The van der Waals surface area contributed by atoms with Crippen LogP contribution in [0, 0.1) is 0 Å². The highest BCUT2D eigenvalue weighted by molar-refractivity contribution is 5.73. The topological polar surface area (TPSA) is 92.1 Å². The van der Waals surface area contributed by atoms with Crippen molar-refractivity contribution in [1.29, 1.82) is 0 Å². The molecule has 3 N–H and O–H groups in total. The lowest BCUT2D eigenvalue weighted by atomic mass is 10.00. The normalized spacial score (nSPS) is 13.4. The second kappa shape index (κ2) is 7.04. The molecule has 2 amide bonds. The number of nitrogens with one attached hydrogen (secondary N) is 2. The molecule has 0 saturated heterocycles. The monoisotopic (exact) mass is 303 g/mol. The number of aliphatic hydroxyl groups is 1.